The van der Waals surface area contributed by atoms with Crippen LogP contribution in [0.2, 0.25) is 0 Å². The Labute approximate surface area is 150 Å². The van der Waals surface area contributed by atoms with E-state index in [0.717, 1.165) is 5.56 Å². The van der Waals surface area contributed by atoms with Crippen LogP contribution >= 0.6 is 0 Å². The molecule has 1 aliphatic rings. The average Bonchev–Trinajstić information content (AvgIpc) is 3.08. The molecule has 4 rings (SSSR count). The highest BCUT2D eigenvalue weighted by atomic mass is 19.3. The Morgan fingerprint density at radius 1 is 1.30 bits per heavy atom. The van der Waals surface area contributed by atoms with Gasteiger partial charge in [-0.05, 0) is 18.1 Å². The molecule has 0 radical (unpaired) electrons. The number of nitrogens with zero attached hydrogens (tertiary/aromatic N) is 4. The first-order valence-electron chi connectivity index (χ1n) is 7.71. The Bertz CT molecular complexity index is 1150. The molecule has 136 valence electrons. The minimum atomic E-state index is -3.76. The van der Waals surface area contributed by atoms with Gasteiger partial charge in [-0.25, -0.2) is 4.98 Å². The molecule has 8 nitrogen and oxygen atoms in total. The number of halogens is 2. The number of aryl methyl sites for hydroxylation is 1. The molecule has 1 aromatic heterocycles. The third-order valence-corrected chi connectivity index (χ3v) is 4.24. The number of non-ortho nitro benzene ring substituents is 1. The van der Waals surface area contributed by atoms with Gasteiger partial charge in [-0.2, -0.15) is 5.26 Å². The van der Waals surface area contributed by atoms with Crippen molar-refractivity contribution < 1.29 is 23.2 Å². The minimum Gasteiger partial charge on any atom is -0.395 e. The zero-order valence-corrected chi connectivity index (χ0v) is 13.8. The van der Waals surface area contributed by atoms with E-state index in [1.165, 1.54) is 28.8 Å². The molecule has 10 heteroatoms. The van der Waals surface area contributed by atoms with E-state index in [0.29, 0.717) is 11.1 Å². The van der Waals surface area contributed by atoms with Crippen LogP contribution in [-0.2, 0) is 6.54 Å². The number of aromatic nitrogens is 2. The molecule has 0 unspecified atom stereocenters. The van der Waals surface area contributed by atoms with Gasteiger partial charge >= 0.3 is 6.29 Å². The number of alkyl halides is 2. The van der Waals surface area contributed by atoms with Crippen molar-refractivity contribution in [1.82, 2.24) is 9.55 Å². The minimum absolute atomic E-state index is 0.0336. The number of nitriles is 1. The summed E-state index contributed by atoms with van der Waals surface area (Å²) < 4.78 is 36.9. The maximum absolute atomic E-state index is 13.3. The summed E-state index contributed by atoms with van der Waals surface area (Å²) in [7, 11) is 0. The third-order valence-electron chi connectivity index (χ3n) is 4.24. The van der Waals surface area contributed by atoms with Crippen LogP contribution < -0.4 is 9.47 Å². The van der Waals surface area contributed by atoms with Crippen LogP contribution in [0.15, 0.2) is 30.3 Å². The van der Waals surface area contributed by atoms with Crippen LogP contribution in [0, 0.1) is 28.4 Å². The molecule has 0 aliphatic carbocycles. The number of imidazole rings is 1. The fourth-order valence-electron chi connectivity index (χ4n) is 2.93. The van der Waals surface area contributed by atoms with Crippen LogP contribution in [-0.4, -0.2) is 20.8 Å². The maximum atomic E-state index is 13.3. The monoisotopic (exact) mass is 372 g/mol. The molecule has 2 aromatic carbocycles. The quantitative estimate of drug-likeness (QED) is 0.515. The number of ether oxygens (including phenoxy) is 2. The first-order chi connectivity index (χ1) is 12.8. The van der Waals surface area contributed by atoms with Gasteiger partial charge < -0.3 is 14.0 Å². The Morgan fingerprint density at radius 3 is 2.67 bits per heavy atom. The van der Waals surface area contributed by atoms with Crippen molar-refractivity contribution in [3.05, 3.63) is 57.4 Å². The lowest BCUT2D eigenvalue weighted by atomic mass is 10.1. The van der Waals surface area contributed by atoms with Gasteiger partial charge in [0.1, 0.15) is 6.07 Å². The summed E-state index contributed by atoms with van der Waals surface area (Å²) in [6.07, 6.45) is -3.76. The van der Waals surface area contributed by atoms with Gasteiger partial charge in [-0.15, -0.1) is 8.78 Å². The zero-order valence-electron chi connectivity index (χ0n) is 13.8. The topological polar surface area (TPSA) is 103 Å². The molecule has 27 heavy (non-hydrogen) atoms. The number of rotatable bonds is 3. The summed E-state index contributed by atoms with van der Waals surface area (Å²) in [4.78, 5) is 14.6. The molecule has 0 N–H and O–H groups in total. The van der Waals surface area contributed by atoms with E-state index in [2.05, 4.69) is 14.5 Å². The molecule has 0 atom stereocenters. The van der Waals surface area contributed by atoms with Crippen LogP contribution in [0.3, 0.4) is 0 Å². The number of nitro benzene ring substituents is 1. The Balaban J connectivity index is 1.84. The smallest absolute Gasteiger partial charge is 0.395 e. The van der Waals surface area contributed by atoms with Crippen molar-refractivity contribution in [3.8, 4) is 17.6 Å². The van der Waals surface area contributed by atoms with Gasteiger partial charge in [0.25, 0.3) is 5.69 Å². The summed E-state index contributed by atoms with van der Waals surface area (Å²) in [6.45, 7) is 1.88. The Kier molecular flexibility index (Phi) is 3.49. The number of hydrogen-bond acceptors (Lipinski definition) is 6. The summed E-state index contributed by atoms with van der Waals surface area (Å²) >= 11 is 0. The molecule has 2 heterocycles. The van der Waals surface area contributed by atoms with E-state index in [-0.39, 0.29) is 35.1 Å². The highest BCUT2D eigenvalue weighted by Gasteiger charge is 2.44. The molecular weight excluding hydrogens is 362 g/mol. The summed E-state index contributed by atoms with van der Waals surface area (Å²) in [5.41, 5.74) is 1.93. The number of hydrogen-bond donors (Lipinski definition) is 0. The fourth-order valence-corrected chi connectivity index (χ4v) is 2.93. The van der Waals surface area contributed by atoms with Crippen molar-refractivity contribution in [3.63, 3.8) is 0 Å². The van der Waals surface area contributed by atoms with E-state index in [1.807, 2.05) is 6.07 Å². The number of fused-ring (bicyclic) bond motifs is 2. The van der Waals surface area contributed by atoms with E-state index < -0.39 is 11.2 Å². The molecule has 1 aliphatic heterocycles. The first kappa shape index (κ1) is 16.7. The van der Waals surface area contributed by atoms with Crippen LogP contribution in [0.5, 0.6) is 11.5 Å². The van der Waals surface area contributed by atoms with Crippen molar-refractivity contribution >= 4 is 16.7 Å². The Hall–Kier alpha value is -3.74. The van der Waals surface area contributed by atoms with Crippen molar-refractivity contribution in [2.45, 2.75) is 19.8 Å². The van der Waals surface area contributed by atoms with Gasteiger partial charge in [-0.1, -0.05) is 6.07 Å². The predicted octanol–water partition coefficient (Wildman–Crippen LogP) is 3.49. The second-order valence-electron chi connectivity index (χ2n) is 5.96. The highest BCUT2D eigenvalue weighted by Crippen LogP contribution is 2.43. The summed E-state index contributed by atoms with van der Waals surface area (Å²) in [5.74, 6) is -0.312. The first-order valence-corrected chi connectivity index (χ1v) is 7.71. The second-order valence-corrected chi connectivity index (χ2v) is 5.96. The molecular formula is C17H10F2N4O4. The molecule has 0 saturated carbocycles. The Morgan fingerprint density at radius 2 is 2.00 bits per heavy atom. The standard InChI is InChI=1S/C17H10F2N4O4/c1-9-2-3-11(23(24)25)4-10(9)8-22-13-6-15-14(26-17(18,19)27-15)5-12(13)21-16(22)7-20/h2-6H,8H2,1H3. The molecule has 0 saturated heterocycles. The van der Waals surface area contributed by atoms with E-state index in [9.17, 15) is 24.2 Å². The fraction of sp³-hybridized carbons (Fsp3) is 0.176. The predicted molar refractivity (Wildman–Crippen MR) is 87.6 cm³/mol. The van der Waals surface area contributed by atoms with Gasteiger partial charge in [0.05, 0.1) is 22.5 Å². The van der Waals surface area contributed by atoms with Gasteiger partial charge in [0.15, 0.2) is 11.5 Å². The van der Waals surface area contributed by atoms with Crippen molar-refractivity contribution in [2.75, 3.05) is 0 Å². The zero-order chi connectivity index (χ0) is 19.3. The van der Waals surface area contributed by atoms with Crippen molar-refractivity contribution in [1.29, 1.82) is 5.26 Å². The highest BCUT2D eigenvalue weighted by molar-refractivity contribution is 5.81. The normalized spacial score (nSPS) is 14.3. The maximum Gasteiger partial charge on any atom is 0.586 e. The van der Waals surface area contributed by atoms with Gasteiger partial charge in [0.2, 0.25) is 5.82 Å². The SMILES string of the molecule is Cc1ccc([N+](=O)[O-])cc1Cn1c(C#N)nc2cc3c(cc21)OC(F)(F)O3. The largest absolute Gasteiger partial charge is 0.586 e. The van der Waals surface area contributed by atoms with E-state index >= 15 is 0 Å². The summed E-state index contributed by atoms with van der Waals surface area (Å²) in [6, 6.07) is 8.92. The molecule has 0 fully saturated rings. The molecule has 0 amide bonds. The lowest BCUT2D eigenvalue weighted by Crippen LogP contribution is -2.25. The van der Waals surface area contributed by atoms with Gasteiger partial charge in [0, 0.05) is 24.3 Å². The lowest BCUT2D eigenvalue weighted by molar-refractivity contribution is -0.384. The number of benzene rings is 2. The van der Waals surface area contributed by atoms with Crippen molar-refractivity contribution in [2.24, 2.45) is 0 Å². The molecule has 3 aromatic rings. The third kappa shape index (κ3) is 2.79. The summed E-state index contributed by atoms with van der Waals surface area (Å²) in [5, 5.41) is 20.4. The van der Waals surface area contributed by atoms with Crippen LogP contribution in [0.4, 0.5) is 14.5 Å². The molecule has 0 spiro atoms. The molecule has 0 bridgehead atoms. The van der Waals surface area contributed by atoms with Crippen LogP contribution in [0.25, 0.3) is 11.0 Å². The van der Waals surface area contributed by atoms with E-state index in [1.54, 1.807) is 13.0 Å². The van der Waals surface area contributed by atoms with Crippen LogP contribution in [0.1, 0.15) is 17.0 Å². The van der Waals surface area contributed by atoms with Gasteiger partial charge in [-0.3, -0.25) is 10.1 Å². The van der Waals surface area contributed by atoms with E-state index in [4.69, 9.17) is 0 Å². The lowest BCUT2D eigenvalue weighted by Gasteiger charge is -2.09. The number of nitro groups is 1. The average molecular weight is 372 g/mol. The second kappa shape index (κ2) is 5.63.